The van der Waals surface area contributed by atoms with Crippen LogP contribution in [0.2, 0.25) is 0 Å². The number of hydrogen-bond acceptors (Lipinski definition) is 3. The highest BCUT2D eigenvalue weighted by molar-refractivity contribution is 7.91. The normalized spacial score (nSPS) is 16.5. The van der Waals surface area contributed by atoms with E-state index in [9.17, 15) is 13.2 Å². The second-order valence-electron chi connectivity index (χ2n) is 5.75. The van der Waals surface area contributed by atoms with Gasteiger partial charge in [-0.3, -0.25) is 0 Å². The maximum Gasteiger partial charge on any atom is 0.315 e. The second-order valence-corrected chi connectivity index (χ2v) is 7.79. The molecule has 1 aromatic rings. The van der Waals surface area contributed by atoms with Gasteiger partial charge in [-0.15, -0.1) is 0 Å². The van der Waals surface area contributed by atoms with Crippen LogP contribution in [0.3, 0.4) is 0 Å². The molecule has 1 aliphatic carbocycles. The van der Waals surface area contributed by atoms with Crippen molar-refractivity contribution in [3.05, 3.63) is 42.0 Å². The number of amides is 2. The summed E-state index contributed by atoms with van der Waals surface area (Å²) in [4.78, 5) is 12.1. The van der Waals surface area contributed by atoms with Gasteiger partial charge in [0.25, 0.3) is 0 Å². The summed E-state index contributed by atoms with van der Waals surface area (Å²) in [7, 11) is -3.40. The Morgan fingerprint density at radius 1 is 1.23 bits per heavy atom. The van der Waals surface area contributed by atoms with Gasteiger partial charge >= 0.3 is 6.03 Å². The average molecular weight is 322 g/mol. The average Bonchev–Trinajstić information content (AvgIpc) is 2.90. The van der Waals surface area contributed by atoms with Crippen molar-refractivity contribution in [2.75, 3.05) is 5.75 Å². The molecule has 0 saturated heterocycles. The molecule has 0 saturated carbocycles. The fourth-order valence-electron chi connectivity index (χ4n) is 2.40. The molecule has 0 aliphatic heterocycles. The van der Waals surface area contributed by atoms with Gasteiger partial charge in [0.2, 0.25) is 0 Å². The summed E-state index contributed by atoms with van der Waals surface area (Å²) < 4.78 is 24.6. The summed E-state index contributed by atoms with van der Waals surface area (Å²) in [6.07, 6.45) is 5.69. The van der Waals surface area contributed by atoms with Gasteiger partial charge < -0.3 is 10.6 Å². The first-order valence-electron chi connectivity index (χ1n) is 7.38. The van der Waals surface area contributed by atoms with E-state index in [1.807, 2.05) is 19.1 Å². The van der Waals surface area contributed by atoms with Crippen molar-refractivity contribution in [1.82, 2.24) is 10.6 Å². The monoisotopic (exact) mass is 322 g/mol. The molecule has 120 valence electrons. The molecule has 0 spiro atoms. The molecule has 5 nitrogen and oxygen atoms in total. The quantitative estimate of drug-likeness (QED) is 0.816. The molecule has 2 rings (SSSR count). The number of hydrogen-bond donors (Lipinski definition) is 2. The minimum Gasteiger partial charge on any atom is -0.335 e. The van der Waals surface area contributed by atoms with Crippen molar-refractivity contribution in [2.45, 2.75) is 43.7 Å². The number of urea groups is 1. The van der Waals surface area contributed by atoms with E-state index in [2.05, 4.69) is 10.6 Å². The van der Waals surface area contributed by atoms with Gasteiger partial charge in [0.1, 0.15) is 0 Å². The SMILES string of the molecule is Cc1ccc(S(=O)(=O)CC(C)NC(=O)NC2CC=CC2)cc1. The van der Waals surface area contributed by atoms with Crippen LogP contribution in [0.25, 0.3) is 0 Å². The topological polar surface area (TPSA) is 75.3 Å². The number of carbonyl (C=O) groups is 1. The van der Waals surface area contributed by atoms with Crippen molar-refractivity contribution in [2.24, 2.45) is 0 Å². The van der Waals surface area contributed by atoms with Gasteiger partial charge in [-0.1, -0.05) is 29.8 Å². The highest BCUT2D eigenvalue weighted by Gasteiger charge is 2.20. The van der Waals surface area contributed by atoms with E-state index >= 15 is 0 Å². The number of aryl methyl sites for hydroxylation is 1. The molecular formula is C16H22N2O3S. The van der Waals surface area contributed by atoms with Gasteiger partial charge in [0.15, 0.2) is 9.84 Å². The molecule has 0 bridgehead atoms. The first-order valence-corrected chi connectivity index (χ1v) is 9.03. The number of nitrogens with one attached hydrogen (secondary N) is 2. The van der Waals surface area contributed by atoms with E-state index in [-0.39, 0.29) is 22.7 Å². The van der Waals surface area contributed by atoms with E-state index < -0.39 is 15.9 Å². The Morgan fingerprint density at radius 2 is 1.82 bits per heavy atom. The fourth-order valence-corrected chi connectivity index (χ4v) is 3.88. The predicted molar refractivity (Wildman–Crippen MR) is 86.5 cm³/mol. The molecule has 2 N–H and O–H groups in total. The van der Waals surface area contributed by atoms with Gasteiger partial charge in [0, 0.05) is 12.1 Å². The Morgan fingerprint density at radius 3 is 2.41 bits per heavy atom. The van der Waals surface area contributed by atoms with Crippen LogP contribution < -0.4 is 10.6 Å². The summed E-state index contributed by atoms with van der Waals surface area (Å²) in [5.41, 5.74) is 1.01. The first kappa shape index (κ1) is 16.5. The fraction of sp³-hybridized carbons (Fsp3) is 0.438. The summed E-state index contributed by atoms with van der Waals surface area (Å²) >= 11 is 0. The van der Waals surface area contributed by atoms with Crippen LogP contribution in [0, 0.1) is 6.92 Å². The smallest absolute Gasteiger partial charge is 0.315 e. The lowest BCUT2D eigenvalue weighted by molar-refractivity contribution is 0.235. The third-order valence-electron chi connectivity index (χ3n) is 3.57. The molecule has 2 amide bonds. The molecule has 1 unspecified atom stereocenters. The van der Waals surface area contributed by atoms with E-state index in [4.69, 9.17) is 0 Å². The molecule has 0 aromatic heterocycles. The molecular weight excluding hydrogens is 300 g/mol. The Labute approximate surface area is 131 Å². The molecule has 0 radical (unpaired) electrons. The molecule has 0 heterocycles. The molecule has 6 heteroatoms. The number of rotatable bonds is 5. The van der Waals surface area contributed by atoms with Crippen LogP contribution >= 0.6 is 0 Å². The zero-order valence-electron chi connectivity index (χ0n) is 12.9. The minimum atomic E-state index is -3.40. The third-order valence-corrected chi connectivity index (χ3v) is 5.50. The van der Waals surface area contributed by atoms with Gasteiger partial charge in [-0.05, 0) is 38.8 Å². The molecule has 1 aromatic carbocycles. The maximum absolute atomic E-state index is 12.3. The molecule has 0 fully saturated rings. The van der Waals surface area contributed by atoms with Crippen molar-refractivity contribution >= 4 is 15.9 Å². The van der Waals surface area contributed by atoms with Crippen molar-refractivity contribution in [3.63, 3.8) is 0 Å². The van der Waals surface area contributed by atoms with Crippen molar-refractivity contribution in [3.8, 4) is 0 Å². The Balaban J connectivity index is 1.88. The number of benzene rings is 1. The van der Waals surface area contributed by atoms with Crippen LogP contribution in [0.4, 0.5) is 4.79 Å². The largest absolute Gasteiger partial charge is 0.335 e. The standard InChI is InChI=1S/C16H22N2O3S/c1-12-7-9-15(10-8-12)22(20,21)11-13(2)17-16(19)18-14-5-3-4-6-14/h3-4,7-10,13-14H,5-6,11H2,1-2H3,(H2,17,18,19). The molecule has 1 atom stereocenters. The summed E-state index contributed by atoms with van der Waals surface area (Å²) in [5.74, 6) is -0.119. The van der Waals surface area contributed by atoms with Crippen LogP contribution in [-0.4, -0.2) is 32.3 Å². The van der Waals surface area contributed by atoms with Gasteiger partial charge in [-0.2, -0.15) is 0 Å². The highest BCUT2D eigenvalue weighted by atomic mass is 32.2. The maximum atomic E-state index is 12.3. The van der Waals surface area contributed by atoms with E-state index in [0.29, 0.717) is 0 Å². The Bertz CT molecular complexity index is 642. The highest BCUT2D eigenvalue weighted by Crippen LogP contribution is 2.13. The second kappa shape index (κ2) is 6.96. The third kappa shape index (κ3) is 4.59. The summed E-state index contributed by atoms with van der Waals surface area (Å²) in [6, 6.07) is 6.07. The van der Waals surface area contributed by atoms with E-state index in [0.717, 1.165) is 18.4 Å². The van der Waals surface area contributed by atoms with E-state index in [1.165, 1.54) is 0 Å². The summed E-state index contributed by atoms with van der Waals surface area (Å²) in [5, 5.41) is 5.52. The van der Waals surface area contributed by atoms with Crippen LogP contribution in [0.1, 0.15) is 25.3 Å². The number of sulfone groups is 1. The first-order chi connectivity index (χ1) is 10.4. The van der Waals surface area contributed by atoms with Crippen molar-refractivity contribution in [1.29, 1.82) is 0 Å². The Hall–Kier alpha value is -1.82. The summed E-state index contributed by atoms with van der Waals surface area (Å²) in [6.45, 7) is 3.60. The lowest BCUT2D eigenvalue weighted by Gasteiger charge is -2.17. The predicted octanol–water partition coefficient (Wildman–Crippen LogP) is 2.18. The van der Waals surface area contributed by atoms with Gasteiger partial charge in [0.05, 0.1) is 10.6 Å². The van der Waals surface area contributed by atoms with Crippen molar-refractivity contribution < 1.29 is 13.2 Å². The molecule has 22 heavy (non-hydrogen) atoms. The van der Waals surface area contributed by atoms with Crippen LogP contribution in [0.15, 0.2) is 41.3 Å². The van der Waals surface area contributed by atoms with Crippen LogP contribution in [0.5, 0.6) is 0 Å². The zero-order valence-corrected chi connectivity index (χ0v) is 13.7. The zero-order chi connectivity index (χ0) is 16.2. The molecule has 1 aliphatic rings. The Kier molecular flexibility index (Phi) is 5.24. The van der Waals surface area contributed by atoms with E-state index in [1.54, 1.807) is 31.2 Å². The minimum absolute atomic E-state index is 0.112. The lowest BCUT2D eigenvalue weighted by Crippen LogP contribution is -2.46. The van der Waals surface area contributed by atoms with Crippen LogP contribution in [-0.2, 0) is 9.84 Å². The number of carbonyl (C=O) groups excluding carboxylic acids is 1. The lowest BCUT2D eigenvalue weighted by atomic mass is 10.2. The van der Waals surface area contributed by atoms with Gasteiger partial charge in [-0.25, -0.2) is 13.2 Å².